The van der Waals surface area contributed by atoms with E-state index in [0.717, 1.165) is 24.9 Å². The maximum atomic E-state index is 12.4. The molecular weight excluding hydrogens is 266 g/mol. The van der Waals surface area contributed by atoms with Crippen molar-refractivity contribution in [3.05, 3.63) is 35.9 Å². The van der Waals surface area contributed by atoms with E-state index in [1.165, 1.54) is 6.92 Å². The maximum absolute atomic E-state index is 12.4. The lowest BCUT2D eigenvalue weighted by Crippen LogP contribution is -2.53. The van der Waals surface area contributed by atoms with Gasteiger partial charge in [0.1, 0.15) is 0 Å². The number of rotatable bonds is 4. The molecule has 1 aliphatic heterocycles. The van der Waals surface area contributed by atoms with E-state index < -0.39 is 6.04 Å². The predicted octanol–water partition coefficient (Wildman–Crippen LogP) is 0.684. The lowest BCUT2D eigenvalue weighted by Gasteiger charge is -2.34. The summed E-state index contributed by atoms with van der Waals surface area (Å²) in [5.41, 5.74) is 7.11. The number of carbonyl (C=O) groups is 2. The van der Waals surface area contributed by atoms with Gasteiger partial charge in [0.15, 0.2) is 0 Å². The summed E-state index contributed by atoms with van der Waals surface area (Å²) in [5, 5.41) is 2.88. The lowest BCUT2D eigenvalue weighted by atomic mass is 10.0. The van der Waals surface area contributed by atoms with E-state index in [4.69, 9.17) is 5.73 Å². The van der Waals surface area contributed by atoms with Crippen LogP contribution in [0.3, 0.4) is 0 Å². The van der Waals surface area contributed by atoms with Gasteiger partial charge in [0.25, 0.3) is 0 Å². The van der Waals surface area contributed by atoms with Crippen molar-refractivity contribution in [2.24, 2.45) is 5.73 Å². The average Bonchev–Trinajstić information content (AvgIpc) is 2.47. The molecule has 1 aliphatic rings. The Morgan fingerprint density at radius 3 is 2.76 bits per heavy atom. The van der Waals surface area contributed by atoms with Gasteiger partial charge in [0.05, 0.1) is 6.04 Å². The van der Waals surface area contributed by atoms with E-state index in [-0.39, 0.29) is 17.9 Å². The minimum atomic E-state index is -0.525. The molecule has 0 saturated carbocycles. The number of hydrogen-bond donors (Lipinski definition) is 2. The minimum absolute atomic E-state index is 0.0334. The van der Waals surface area contributed by atoms with Crippen molar-refractivity contribution >= 4 is 11.8 Å². The number of likely N-dealkylation sites (tertiary alicyclic amines) is 1. The topological polar surface area (TPSA) is 75.4 Å². The zero-order valence-corrected chi connectivity index (χ0v) is 12.4. The number of nitrogens with two attached hydrogens (primary N) is 1. The molecule has 0 aromatic heterocycles. The van der Waals surface area contributed by atoms with Gasteiger partial charge in [-0.2, -0.15) is 0 Å². The van der Waals surface area contributed by atoms with Crippen LogP contribution in [-0.4, -0.2) is 41.9 Å². The molecule has 0 radical (unpaired) electrons. The van der Waals surface area contributed by atoms with Crippen molar-refractivity contribution in [2.45, 2.75) is 38.3 Å². The van der Waals surface area contributed by atoms with Gasteiger partial charge < -0.3 is 16.0 Å². The molecule has 2 rings (SSSR count). The Labute approximate surface area is 125 Å². The van der Waals surface area contributed by atoms with E-state index >= 15 is 0 Å². The van der Waals surface area contributed by atoms with Crippen LogP contribution in [0.2, 0.25) is 0 Å². The Kier molecular flexibility index (Phi) is 5.33. The van der Waals surface area contributed by atoms with Gasteiger partial charge in [-0.05, 0) is 24.8 Å². The number of hydrogen-bond acceptors (Lipinski definition) is 3. The van der Waals surface area contributed by atoms with Crippen LogP contribution in [0.15, 0.2) is 30.3 Å². The molecule has 114 valence electrons. The summed E-state index contributed by atoms with van der Waals surface area (Å²) in [6.07, 6.45) is 2.35. The first-order valence-electron chi connectivity index (χ1n) is 7.41. The predicted molar refractivity (Wildman–Crippen MR) is 81.5 cm³/mol. The second-order valence-corrected chi connectivity index (χ2v) is 5.62. The molecule has 3 N–H and O–H groups in total. The molecule has 5 heteroatoms. The van der Waals surface area contributed by atoms with E-state index in [2.05, 4.69) is 5.32 Å². The quantitative estimate of drug-likeness (QED) is 0.856. The van der Waals surface area contributed by atoms with Crippen molar-refractivity contribution in [2.75, 3.05) is 13.1 Å². The molecule has 1 heterocycles. The van der Waals surface area contributed by atoms with Crippen LogP contribution in [-0.2, 0) is 16.0 Å². The van der Waals surface area contributed by atoms with Crippen molar-refractivity contribution in [3.63, 3.8) is 0 Å². The fourth-order valence-electron chi connectivity index (χ4n) is 2.77. The lowest BCUT2D eigenvalue weighted by molar-refractivity contribution is -0.134. The maximum Gasteiger partial charge on any atom is 0.239 e. The number of nitrogens with one attached hydrogen (secondary N) is 1. The van der Waals surface area contributed by atoms with Crippen LogP contribution in [0, 0.1) is 0 Å². The number of carbonyl (C=O) groups excluding carboxylic acids is 2. The van der Waals surface area contributed by atoms with Crippen LogP contribution in [0.1, 0.15) is 25.3 Å². The first kappa shape index (κ1) is 15.5. The first-order valence-corrected chi connectivity index (χ1v) is 7.41. The third-order valence-electron chi connectivity index (χ3n) is 3.76. The first-order chi connectivity index (χ1) is 10.1. The fraction of sp³-hybridized carbons (Fsp3) is 0.500. The van der Waals surface area contributed by atoms with E-state index in [1.807, 2.05) is 30.3 Å². The number of amides is 2. The van der Waals surface area contributed by atoms with E-state index in [9.17, 15) is 9.59 Å². The summed E-state index contributed by atoms with van der Waals surface area (Å²) in [6.45, 7) is 2.78. The van der Waals surface area contributed by atoms with Gasteiger partial charge in [-0.3, -0.25) is 9.59 Å². The highest BCUT2D eigenvalue weighted by Crippen LogP contribution is 2.12. The zero-order valence-electron chi connectivity index (χ0n) is 12.4. The molecule has 5 nitrogen and oxygen atoms in total. The molecule has 0 aliphatic carbocycles. The number of benzene rings is 1. The highest BCUT2D eigenvalue weighted by molar-refractivity contribution is 5.82. The Bertz CT molecular complexity index is 490. The summed E-state index contributed by atoms with van der Waals surface area (Å²) >= 11 is 0. The van der Waals surface area contributed by atoms with E-state index in [0.29, 0.717) is 13.0 Å². The second kappa shape index (κ2) is 7.22. The molecule has 21 heavy (non-hydrogen) atoms. The molecule has 2 amide bonds. The second-order valence-electron chi connectivity index (χ2n) is 5.62. The average molecular weight is 289 g/mol. The monoisotopic (exact) mass is 289 g/mol. The van der Waals surface area contributed by atoms with Crippen LogP contribution < -0.4 is 11.1 Å². The van der Waals surface area contributed by atoms with Crippen LogP contribution in [0.4, 0.5) is 0 Å². The van der Waals surface area contributed by atoms with Gasteiger partial charge in [-0.15, -0.1) is 0 Å². The van der Waals surface area contributed by atoms with Gasteiger partial charge in [0.2, 0.25) is 11.8 Å². The molecule has 2 unspecified atom stereocenters. The zero-order chi connectivity index (χ0) is 15.2. The SMILES string of the molecule is CC(=O)NC1CCCN(C(=O)C(N)Cc2ccccc2)C1. The molecule has 1 aromatic carbocycles. The normalized spacial score (nSPS) is 19.9. The minimum Gasteiger partial charge on any atom is -0.352 e. The third-order valence-corrected chi connectivity index (χ3v) is 3.76. The van der Waals surface area contributed by atoms with Crippen molar-refractivity contribution in [3.8, 4) is 0 Å². The summed E-state index contributed by atoms with van der Waals surface area (Å²) in [6, 6.07) is 9.31. The number of nitrogens with zero attached hydrogens (tertiary/aromatic N) is 1. The fourth-order valence-corrected chi connectivity index (χ4v) is 2.77. The van der Waals surface area contributed by atoms with Gasteiger partial charge in [-0.25, -0.2) is 0 Å². The third kappa shape index (κ3) is 4.56. The molecule has 0 spiro atoms. The highest BCUT2D eigenvalue weighted by atomic mass is 16.2. The van der Waals surface area contributed by atoms with Crippen molar-refractivity contribution in [1.29, 1.82) is 0 Å². The molecule has 1 saturated heterocycles. The van der Waals surface area contributed by atoms with Crippen molar-refractivity contribution in [1.82, 2.24) is 10.2 Å². The Balaban J connectivity index is 1.91. The van der Waals surface area contributed by atoms with E-state index in [1.54, 1.807) is 4.90 Å². The Hall–Kier alpha value is -1.88. The highest BCUT2D eigenvalue weighted by Gasteiger charge is 2.27. The Morgan fingerprint density at radius 2 is 2.10 bits per heavy atom. The van der Waals surface area contributed by atoms with Gasteiger partial charge in [-0.1, -0.05) is 30.3 Å². The van der Waals surface area contributed by atoms with Crippen LogP contribution in [0.5, 0.6) is 0 Å². The number of piperidine rings is 1. The van der Waals surface area contributed by atoms with Crippen molar-refractivity contribution < 1.29 is 9.59 Å². The van der Waals surface area contributed by atoms with Crippen LogP contribution >= 0.6 is 0 Å². The molecular formula is C16H23N3O2. The summed E-state index contributed by atoms with van der Waals surface area (Å²) in [5.74, 6) is -0.0863. The largest absolute Gasteiger partial charge is 0.352 e. The molecule has 0 bridgehead atoms. The van der Waals surface area contributed by atoms with Gasteiger partial charge >= 0.3 is 0 Å². The van der Waals surface area contributed by atoms with Crippen LogP contribution in [0.25, 0.3) is 0 Å². The Morgan fingerprint density at radius 1 is 1.38 bits per heavy atom. The standard InChI is InChI=1S/C16H23N3O2/c1-12(20)18-14-8-5-9-19(11-14)16(21)15(17)10-13-6-3-2-4-7-13/h2-4,6-7,14-15H,5,8-11,17H2,1H3,(H,18,20). The van der Waals surface area contributed by atoms with Gasteiger partial charge in [0, 0.05) is 26.1 Å². The smallest absolute Gasteiger partial charge is 0.239 e. The molecule has 1 aromatic rings. The summed E-state index contributed by atoms with van der Waals surface area (Å²) in [7, 11) is 0. The summed E-state index contributed by atoms with van der Waals surface area (Å²) < 4.78 is 0. The molecule has 1 fully saturated rings. The summed E-state index contributed by atoms with van der Waals surface area (Å²) in [4.78, 5) is 25.3. The molecule has 2 atom stereocenters.